The molecule has 3 heteroatoms. The maximum atomic E-state index is 3.67. The van der Waals surface area contributed by atoms with Crippen LogP contribution in [0.3, 0.4) is 0 Å². The molecular formula is C16H24BrNS. The maximum Gasteiger partial charge on any atom is 0.0253 e. The summed E-state index contributed by atoms with van der Waals surface area (Å²) in [7, 11) is 0. The first-order chi connectivity index (χ1) is 9.00. The molecule has 106 valence electrons. The molecule has 2 rings (SSSR count). The van der Waals surface area contributed by atoms with Crippen molar-refractivity contribution < 1.29 is 0 Å². The van der Waals surface area contributed by atoms with Gasteiger partial charge in [0.25, 0.3) is 0 Å². The third kappa shape index (κ3) is 4.51. The Labute approximate surface area is 130 Å². The Morgan fingerprint density at radius 2 is 2.00 bits per heavy atom. The summed E-state index contributed by atoms with van der Waals surface area (Å²) in [6.07, 6.45) is 3.93. The van der Waals surface area contributed by atoms with Gasteiger partial charge in [-0.05, 0) is 55.5 Å². The Kier molecular flexibility index (Phi) is 5.38. The molecular weight excluding hydrogens is 318 g/mol. The summed E-state index contributed by atoms with van der Waals surface area (Å²) in [4.78, 5) is 1.38. The molecule has 0 saturated heterocycles. The molecule has 0 heterocycles. The Morgan fingerprint density at radius 3 is 2.63 bits per heavy atom. The number of rotatable bonds is 4. The zero-order chi connectivity index (χ0) is 13.9. The predicted octanol–water partition coefficient (Wildman–Crippen LogP) is 5.10. The van der Waals surface area contributed by atoms with Gasteiger partial charge in [0.2, 0.25) is 0 Å². The maximum absolute atomic E-state index is 3.67. The van der Waals surface area contributed by atoms with E-state index in [1.165, 1.54) is 24.2 Å². The van der Waals surface area contributed by atoms with Crippen molar-refractivity contribution in [2.75, 3.05) is 6.54 Å². The van der Waals surface area contributed by atoms with Gasteiger partial charge in [-0.1, -0.05) is 36.7 Å². The highest BCUT2D eigenvalue weighted by Crippen LogP contribution is 2.42. The molecule has 1 aromatic rings. The van der Waals surface area contributed by atoms with E-state index in [4.69, 9.17) is 0 Å². The minimum absolute atomic E-state index is 0.485. The Hall–Kier alpha value is 0.01000. The number of thioether (sulfide) groups is 1. The van der Waals surface area contributed by atoms with Crippen molar-refractivity contribution in [2.24, 2.45) is 5.41 Å². The normalized spacial score (nSPS) is 26.3. The van der Waals surface area contributed by atoms with Crippen LogP contribution in [0.15, 0.2) is 33.6 Å². The zero-order valence-electron chi connectivity index (χ0n) is 12.1. The van der Waals surface area contributed by atoms with E-state index in [0.717, 1.165) is 11.0 Å². The van der Waals surface area contributed by atoms with E-state index >= 15 is 0 Å². The predicted molar refractivity (Wildman–Crippen MR) is 88.9 cm³/mol. The second-order valence-corrected chi connectivity index (χ2v) is 8.41. The van der Waals surface area contributed by atoms with Gasteiger partial charge in [-0.25, -0.2) is 0 Å². The van der Waals surface area contributed by atoms with Gasteiger partial charge in [0, 0.05) is 20.7 Å². The fourth-order valence-electron chi connectivity index (χ4n) is 2.83. The molecule has 0 bridgehead atoms. The van der Waals surface area contributed by atoms with Crippen molar-refractivity contribution in [1.82, 2.24) is 5.32 Å². The van der Waals surface area contributed by atoms with Gasteiger partial charge in [-0.15, -0.1) is 11.8 Å². The topological polar surface area (TPSA) is 12.0 Å². The highest BCUT2D eigenvalue weighted by molar-refractivity contribution is 9.10. The number of nitrogens with one attached hydrogen (secondary N) is 1. The van der Waals surface area contributed by atoms with E-state index in [-0.39, 0.29) is 0 Å². The van der Waals surface area contributed by atoms with E-state index in [1.807, 2.05) is 11.8 Å². The van der Waals surface area contributed by atoms with Gasteiger partial charge < -0.3 is 5.32 Å². The van der Waals surface area contributed by atoms with Crippen LogP contribution < -0.4 is 5.32 Å². The van der Waals surface area contributed by atoms with Crippen LogP contribution in [-0.4, -0.2) is 17.8 Å². The number of benzene rings is 1. The van der Waals surface area contributed by atoms with Crippen molar-refractivity contribution in [3.63, 3.8) is 0 Å². The molecule has 1 fully saturated rings. The minimum Gasteiger partial charge on any atom is -0.313 e. The Bertz CT molecular complexity index is 402. The van der Waals surface area contributed by atoms with E-state index in [1.54, 1.807) is 0 Å². The van der Waals surface area contributed by atoms with Gasteiger partial charge in [0.05, 0.1) is 0 Å². The number of hydrogen-bond donors (Lipinski definition) is 1. The summed E-state index contributed by atoms with van der Waals surface area (Å²) >= 11 is 5.54. The zero-order valence-corrected chi connectivity index (χ0v) is 14.5. The molecule has 0 radical (unpaired) electrons. The van der Waals surface area contributed by atoms with Crippen LogP contribution in [0.2, 0.25) is 0 Å². The smallest absolute Gasteiger partial charge is 0.0253 e. The van der Waals surface area contributed by atoms with E-state index in [0.29, 0.717) is 16.7 Å². The number of halogens is 1. The van der Waals surface area contributed by atoms with E-state index in [9.17, 15) is 0 Å². The SMILES string of the molecule is CCNC1CCC(C)(C)CC1Sc1ccc(Br)cc1. The molecule has 19 heavy (non-hydrogen) atoms. The van der Waals surface area contributed by atoms with Crippen LogP contribution in [0.4, 0.5) is 0 Å². The first-order valence-electron chi connectivity index (χ1n) is 7.16. The molecule has 1 nitrogen and oxygen atoms in total. The third-order valence-electron chi connectivity index (χ3n) is 3.90. The lowest BCUT2D eigenvalue weighted by atomic mass is 9.75. The van der Waals surface area contributed by atoms with E-state index in [2.05, 4.69) is 66.3 Å². The second kappa shape index (κ2) is 6.64. The van der Waals surface area contributed by atoms with Crippen molar-refractivity contribution >= 4 is 27.7 Å². The van der Waals surface area contributed by atoms with Crippen molar-refractivity contribution in [1.29, 1.82) is 0 Å². The molecule has 2 atom stereocenters. The molecule has 1 aliphatic carbocycles. The molecule has 1 saturated carbocycles. The highest BCUT2D eigenvalue weighted by Gasteiger charge is 2.34. The monoisotopic (exact) mass is 341 g/mol. The van der Waals surface area contributed by atoms with E-state index < -0.39 is 0 Å². The van der Waals surface area contributed by atoms with Crippen molar-refractivity contribution in [3.8, 4) is 0 Å². The van der Waals surface area contributed by atoms with Gasteiger partial charge in [-0.2, -0.15) is 0 Å². The average molecular weight is 342 g/mol. The lowest BCUT2D eigenvalue weighted by Gasteiger charge is -2.40. The minimum atomic E-state index is 0.485. The molecule has 1 aromatic carbocycles. The summed E-state index contributed by atoms with van der Waals surface area (Å²) in [6.45, 7) is 8.10. The van der Waals surface area contributed by atoms with Crippen LogP contribution in [-0.2, 0) is 0 Å². The summed E-state index contributed by atoms with van der Waals surface area (Å²) in [6, 6.07) is 9.38. The molecule has 0 amide bonds. The van der Waals surface area contributed by atoms with Crippen molar-refractivity contribution in [2.45, 2.75) is 56.2 Å². The summed E-state index contributed by atoms with van der Waals surface area (Å²) in [5.41, 5.74) is 0.485. The molecule has 1 aliphatic rings. The largest absolute Gasteiger partial charge is 0.313 e. The summed E-state index contributed by atoms with van der Waals surface area (Å²) in [5.74, 6) is 0. The van der Waals surface area contributed by atoms with Crippen LogP contribution in [0, 0.1) is 5.41 Å². The lowest BCUT2D eigenvalue weighted by Crippen LogP contribution is -2.44. The second-order valence-electron chi connectivity index (χ2n) is 6.18. The Morgan fingerprint density at radius 1 is 1.32 bits per heavy atom. The van der Waals surface area contributed by atoms with Gasteiger partial charge in [0.15, 0.2) is 0 Å². The molecule has 0 aliphatic heterocycles. The first-order valence-corrected chi connectivity index (χ1v) is 8.83. The lowest BCUT2D eigenvalue weighted by molar-refractivity contribution is 0.215. The summed E-state index contributed by atoms with van der Waals surface area (Å²) < 4.78 is 1.16. The summed E-state index contributed by atoms with van der Waals surface area (Å²) in [5, 5.41) is 4.36. The fourth-order valence-corrected chi connectivity index (χ4v) is 4.67. The first kappa shape index (κ1) is 15.4. The highest BCUT2D eigenvalue weighted by atomic mass is 79.9. The molecule has 1 N–H and O–H groups in total. The van der Waals surface area contributed by atoms with Gasteiger partial charge >= 0.3 is 0 Å². The third-order valence-corrected chi connectivity index (χ3v) is 5.77. The van der Waals surface area contributed by atoms with Crippen molar-refractivity contribution in [3.05, 3.63) is 28.7 Å². The fraction of sp³-hybridized carbons (Fsp3) is 0.625. The molecule has 0 spiro atoms. The Balaban J connectivity index is 2.06. The quantitative estimate of drug-likeness (QED) is 0.817. The average Bonchev–Trinajstić information content (AvgIpc) is 2.35. The number of hydrogen-bond acceptors (Lipinski definition) is 2. The van der Waals surface area contributed by atoms with Gasteiger partial charge in [0.1, 0.15) is 0 Å². The van der Waals surface area contributed by atoms with Crippen LogP contribution >= 0.6 is 27.7 Å². The van der Waals surface area contributed by atoms with Gasteiger partial charge in [-0.3, -0.25) is 0 Å². The van der Waals surface area contributed by atoms with Crippen LogP contribution in [0.5, 0.6) is 0 Å². The van der Waals surface area contributed by atoms with Crippen LogP contribution in [0.25, 0.3) is 0 Å². The molecule has 2 unspecified atom stereocenters. The molecule has 0 aromatic heterocycles. The standard InChI is InChI=1S/C16H24BrNS/c1-4-18-14-9-10-16(2,3)11-15(14)19-13-7-5-12(17)6-8-13/h5-8,14-15,18H,4,9-11H2,1-3H3. The van der Waals surface area contributed by atoms with Crippen LogP contribution in [0.1, 0.15) is 40.0 Å².